The Morgan fingerprint density at radius 1 is 1.22 bits per heavy atom. The molecule has 7 heteroatoms. The predicted octanol–water partition coefficient (Wildman–Crippen LogP) is 1.40. The van der Waals surface area contributed by atoms with Gasteiger partial charge in [-0.1, -0.05) is 19.3 Å². The molecule has 2 rings (SSSR count). The van der Waals surface area contributed by atoms with Crippen molar-refractivity contribution in [2.45, 2.75) is 49.1 Å². The Hall–Kier alpha value is -1.15. The van der Waals surface area contributed by atoms with Crippen molar-refractivity contribution in [3.8, 4) is 0 Å². The van der Waals surface area contributed by atoms with Crippen LogP contribution in [0.2, 0.25) is 0 Å². The lowest BCUT2D eigenvalue weighted by molar-refractivity contribution is 0.105. The highest BCUT2D eigenvalue weighted by Gasteiger charge is 2.28. The maximum atomic E-state index is 12.7. The zero-order valence-electron chi connectivity index (χ0n) is 13.5. The van der Waals surface area contributed by atoms with Gasteiger partial charge in [-0.15, -0.1) is 0 Å². The number of anilines is 1. The molecular weight excluding hydrogens is 316 g/mol. The average Bonchev–Trinajstić information content (AvgIpc) is 2.60. The quantitative estimate of drug-likeness (QED) is 0.697. The summed E-state index contributed by atoms with van der Waals surface area (Å²) in [5.41, 5.74) is 0.705. The van der Waals surface area contributed by atoms with E-state index in [0.29, 0.717) is 5.69 Å². The van der Waals surface area contributed by atoms with E-state index in [1.165, 1.54) is 10.7 Å². The highest BCUT2D eigenvalue weighted by molar-refractivity contribution is 7.89. The van der Waals surface area contributed by atoms with E-state index in [4.69, 9.17) is 5.11 Å². The number of sulfonamides is 1. The third-order valence-electron chi connectivity index (χ3n) is 4.37. The zero-order chi connectivity index (χ0) is 16.9. The second kappa shape index (κ2) is 8.10. The van der Waals surface area contributed by atoms with Crippen molar-refractivity contribution in [2.24, 2.45) is 0 Å². The molecule has 0 heterocycles. The molecule has 23 heavy (non-hydrogen) atoms. The molecule has 0 saturated heterocycles. The minimum Gasteiger partial charge on any atom is -0.394 e. The fourth-order valence-corrected chi connectivity index (χ4v) is 4.27. The summed E-state index contributed by atoms with van der Waals surface area (Å²) in [7, 11) is -1.81. The zero-order valence-corrected chi connectivity index (χ0v) is 14.3. The summed E-state index contributed by atoms with van der Waals surface area (Å²) < 4.78 is 26.9. The first-order chi connectivity index (χ1) is 10.9. The molecule has 1 saturated carbocycles. The number of rotatable bonds is 7. The third kappa shape index (κ3) is 4.67. The molecule has 3 N–H and O–H groups in total. The molecule has 0 bridgehead atoms. The average molecular weight is 342 g/mol. The van der Waals surface area contributed by atoms with Gasteiger partial charge in [-0.05, 0) is 37.1 Å². The Labute approximate surface area is 138 Å². The summed E-state index contributed by atoms with van der Waals surface area (Å²) >= 11 is 0. The lowest BCUT2D eigenvalue weighted by Crippen LogP contribution is -2.38. The van der Waals surface area contributed by atoms with Crippen LogP contribution in [-0.2, 0) is 10.0 Å². The van der Waals surface area contributed by atoms with Crippen molar-refractivity contribution < 1.29 is 18.6 Å². The molecule has 0 radical (unpaired) electrons. The van der Waals surface area contributed by atoms with Crippen LogP contribution < -0.4 is 5.32 Å². The van der Waals surface area contributed by atoms with Crippen LogP contribution in [0.15, 0.2) is 29.2 Å². The first kappa shape index (κ1) is 18.2. The van der Waals surface area contributed by atoms with Gasteiger partial charge in [0.2, 0.25) is 10.0 Å². The van der Waals surface area contributed by atoms with Gasteiger partial charge in [-0.2, -0.15) is 4.31 Å². The largest absolute Gasteiger partial charge is 0.394 e. The molecule has 0 amide bonds. The summed E-state index contributed by atoms with van der Waals surface area (Å²) in [6, 6.07) is 6.58. The fourth-order valence-electron chi connectivity index (χ4n) is 2.85. The Kier molecular flexibility index (Phi) is 6.41. The van der Waals surface area contributed by atoms with Crippen LogP contribution in [0.4, 0.5) is 5.69 Å². The Morgan fingerprint density at radius 3 is 2.39 bits per heavy atom. The first-order valence-electron chi connectivity index (χ1n) is 8.06. The molecule has 1 unspecified atom stereocenters. The molecule has 1 aromatic carbocycles. The van der Waals surface area contributed by atoms with Crippen LogP contribution in [0.25, 0.3) is 0 Å². The summed E-state index contributed by atoms with van der Waals surface area (Å²) in [6.45, 7) is -0.101. The van der Waals surface area contributed by atoms with E-state index in [0.717, 1.165) is 25.7 Å². The normalized spacial score (nSPS) is 18.1. The molecule has 0 spiro atoms. The summed E-state index contributed by atoms with van der Waals surface area (Å²) in [4.78, 5) is 0.277. The van der Waals surface area contributed by atoms with Gasteiger partial charge >= 0.3 is 0 Å². The molecule has 0 aromatic heterocycles. The lowest BCUT2D eigenvalue weighted by atomic mass is 9.96. The van der Waals surface area contributed by atoms with Crippen LogP contribution in [0.1, 0.15) is 32.1 Å². The monoisotopic (exact) mass is 342 g/mol. The van der Waals surface area contributed by atoms with Crippen molar-refractivity contribution in [2.75, 3.05) is 25.5 Å². The van der Waals surface area contributed by atoms with Gasteiger partial charge in [-0.25, -0.2) is 8.42 Å². The number of aliphatic hydroxyl groups excluding tert-OH is 2. The van der Waals surface area contributed by atoms with Crippen LogP contribution in [0.3, 0.4) is 0 Å². The number of nitrogens with one attached hydrogen (secondary N) is 1. The third-order valence-corrected chi connectivity index (χ3v) is 6.30. The van der Waals surface area contributed by atoms with Crippen LogP contribution in [0.5, 0.6) is 0 Å². The van der Waals surface area contributed by atoms with Gasteiger partial charge < -0.3 is 15.5 Å². The van der Waals surface area contributed by atoms with Gasteiger partial charge in [0.15, 0.2) is 0 Å². The molecule has 1 atom stereocenters. The van der Waals surface area contributed by atoms with Crippen molar-refractivity contribution in [1.82, 2.24) is 4.31 Å². The van der Waals surface area contributed by atoms with Gasteiger partial charge in [-0.3, -0.25) is 0 Å². The summed E-state index contributed by atoms with van der Waals surface area (Å²) in [5, 5.41) is 21.0. The van der Waals surface area contributed by atoms with E-state index in [1.54, 1.807) is 31.3 Å². The lowest BCUT2D eigenvalue weighted by Gasteiger charge is -2.30. The molecule has 1 aliphatic carbocycles. The Balaban J connectivity index is 2.04. The van der Waals surface area contributed by atoms with E-state index in [-0.39, 0.29) is 24.1 Å². The molecule has 1 aliphatic rings. The minimum absolute atomic E-state index is 0.0891. The van der Waals surface area contributed by atoms with E-state index < -0.39 is 16.1 Å². The number of hydrogen-bond donors (Lipinski definition) is 3. The van der Waals surface area contributed by atoms with Crippen molar-refractivity contribution in [3.63, 3.8) is 0 Å². The van der Waals surface area contributed by atoms with E-state index in [2.05, 4.69) is 5.32 Å². The van der Waals surface area contributed by atoms with Crippen LogP contribution in [-0.4, -0.2) is 55.3 Å². The van der Waals surface area contributed by atoms with Gasteiger partial charge in [0, 0.05) is 25.3 Å². The molecule has 1 fully saturated rings. The van der Waals surface area contributed by atoms with Crippen molar-refractivity contribution in [3.05, 3.63) is 24.3 Å². The molecule has 130 valence electrons. The second-order valence-corrected chi connectivity index (χ2v) is 8.05. The SMILES string of the molecule is CN(C1CCCCC1)S(=O)(=O)c1ccc(NCC(O)CO)cc1. The summed E-state index contributed by atoms with van der Waals surface area (Å²) in [6.07, 6.45) is 4.37. The topological polar surface area (TPSA) is 89.9 Å². The van der Waals surface area contributed by atoms with E-state index in [1.807, 2.05) is 0 Å². The Bertz CT molecular complexity index is 583. The number of benzene rings is 1. The molecular formula is C16H26N2O4S. The highest BCUT2D eigenvalue weighted by Crippen LogP contribution is 2.26. The number of hydrogen-bond acceptors (Lipinski definition) is 5. The minimum atomic E-state index is -3.48. The standard InChI is InChI=1S/C16H26N2O4S/c1-18(14-5-3-2-4-6-14)23(21,22)16-9-7-13(8-10-16)17-11-15(20)12-19/h7-10,14-15,17,19-20H,2-6,11-12H2,1H3. The van der Waals surface area contributed by atoms with Crippen molar-refractivity contribution >= 4 is 15.7 Å². The van der Waals surface area contributed by atoms with Gasteiger partial charge in [0.1, 0.15) is 0 Å². The number of aliphatic hydroxyl groups is 2. The van der Waals surface area contributed by atoms with E-state index >= 15 is 0 Å². The maximum absolute atomic E-state index is 12.7. The van der Waals surface area contributed by atoms with Gasteiger partial charge in [0.05, 0.1) is 17.6 Å². The molecule has 6 nitrogen and oxygen atoms in total. The van der Waals surface area contributed by atoms with Crippen LogP contribution in [0, 0.1) is 0 Å². The summed E-state index contributed by atoms with van der Waals surface area (Å²) in [5.74, 6) is 0. The first-order valence-corrected chi connectivity index (χ1v) is 9.50. The van der Waals surface area contributed by atoms with Gasteiger partial charge in [0.25, 0.3) is 0 Å². The van der Waals surface area contributed by atoms with Crippen molar-refractivity contribution in [1.29, 1.82) is 0 Å². The van der Waals surface area contributed by atoms with Crippen LogP contribution >= 0.6 is 0 Å². The molecule has 0 aliphatic heterocycles. The fraction of sp³-hybridized carbons (Fsp3) is 0.625. The smallest absolute Gasteiger partial charge is 0.243 e. The van der Waals surface area contributed by atoms with E-state index in [9.17, 15) is 13.5 Å². The second-order valence-electron chi connectivity index (χ2n) is 6.05. The highest BCUT2D eigenvalue weighted by atomic mass is 32.2. The molecule has 1 aromatic rings. The Morgan fingerprint density at radius 2 is 1.83 bits per heavy atom. The number of nitrogens with zero attached hydrogens (tertiary/aromatic N) is 1. The predicted molar refractivity (Wildman–Crippen MR) is 89.8 cm³/mol. The maximum Gasteiger partial charge on any atom is 0.243 e.